The number of nitrogens with two attached hydrogens (primary N) is 1. The van der Waals surface area contributed by atoms with E-state index in [1.807, 2.05) is 0 Å². The maximum Gasteiger partial charge on any atom is 0.240 e. The summed E-state index contributed by atoms with van der Waals surface area (Å²) in [5.74, 6) is 0.352. The monoisotopic (exact) mass is 405 g/mol. The first kappa shape index (κ1) is 19.9. The van der Waals surface area contributed by atoms with Crippen LogP contribution in [0, 0.1) is 17.7 Å². The first-order valence-electron chi connectivity index (χ1n) is 10.2. The van der Waals surface area contributed by atoms with Crippen LogP contribution in [0.15, 0.2) is 12.1 Å². The van der Waals surface area contributed by atoms with Crippen molar-refractivity contribution in [1.82, 2.24) is 9.80 Å². The zero-order valence-electron chi connectivity index (χ0n) is 16.9. The number of primary amides is 1. The van der Waals surface area contributed by atoms with Crippen LogP contribution in [0.4, 0.5) is 4.39 Å². The highest BCUT2D eigenvalue weighted by Gasteiger charge is 2.51. The van der Waals surface area contributed by atoms with Gasteiger partial charge in [-0.3, -0.25) is 14.5 Å². The second kappa shape index (κ2) is 7.82. The van der Waals surface area contributed by atoms with Crippen LogP contribution in [0.2, 0.25) is 0 Å². The predicted octanol–water partition coefficient (Wildman–Crippen LogP) is 1.53. The minimum Gasteiger partial charge on any atom is -0.493 e. The average molecular weight is 405 g/mol. The van der Waals surface area contributed by atoms with Crippen LogP contribution in [0.25, 0.3) is 0 Å². The lowest BCUT2D eigenvalue weighted by Gasteiger charge is -2.55. The molecule has 0 aromatic heterocycles. The third-order valence-electron chi connectivity index (χ3n) is 6.66. The van der Waals surface area contributed by atoms with Gasteiger partial charge in [0, 0.05) is 49.6 Å². The van der Waals surface area contributed by atoms with Gasteiger partial charge in [-0.05, 0) is 31.2 Å². The molecule has 0 saturated carbocycles. The molecule has 3 fully saturated rings. The number of carbonyl (C=O) groups excluding carboxylic acids is 2. The number of fused-ring (bicyclic) bond motifs is 4. The first-order chi connectivity index (χ1) is 13.9. The number of hydrogen-bond donors (Lipinski definition) is 1. The second-order valence-corrected chi connectivity index (χ2v) is 8.36. The molecule has 4 rings (SSSR count). The Bertz CT molecular complexity index is 817. The van der Waals surface area contributed by atoms with E-state index in [-0.39, 0.29) is 29.6 Å². The van der Waals surface area contributed by atoms with Crippen molar-refractivity contribution in [2.45, 2.75) is 44.3 Å². The van der Waals surface area contributed by atoms with Crippen LogP contribution >= 0.6 is 0 Å². The molecule has 3 saturated heterocycles. The standard InChI is InChI=1S/C21H28FN3O4/c1-28-17-7-12(15(22)8-18(17)29-2)9-24-10-13-6-14(11-24)20(21(23)27)25-16(13)4-3-5-19(25)26/h7-8,13-14,16,20H,3-6,9-11H2,1-2H3,(H2,23,27)/t13-,14+,16-,20+/m0/s1. The molecule has 2 amide bonds. The van der Waals surface area contributed by atoms with Crippen LogP contribution < -0.4 is 15.2 Å². The molecule has 2 N–H and O–H groups in total. The van der Waals surface area contributed by atoms with E-state index in [9.17, 15) is 14.0 Å². The van der Waals surface area contributed by atoms with Crippen molar-refractivity contribution in [3.8, 4) is 11.5 Å². The van der Waals surface area contributed by atoms with Crippen molar-refractivity contribution in [1.29, 1.82) is 0 Å². The van der Waals surface area contributed by atoms with Crippen molar-refractivity contribution in [3.63, 3.8) is 0 Å². The smallest absolute Gasteiger partial charge is 0.240 e. The zero-order chi connectivity index (χ0) is 20.7. The van der Waals surface area contributed by atoms with E-state index in [1.54, 1.807) is 11.0 Å². The Balaban J connectivity index is 1.58. The zero-order valence-corrected chi connectivity index (χ0v) is 16.9. The normalized spacial score (nSPS) is 29.3. The molecule has 1 aromatic carbocycles. The molecule has 1 aromatic rings. The van der Waals surface area contributed by atoms with Gasteiger partial charge in [0.05, 0.1) is 14.2 Å². The van der Waals surface area contributed by atoms with Crippen molar-refractivity contribution in [2.75, 3.05) is 27.3 Å². The number of nitrogens with zero attached hydrogens (tertiary/aromatic N) is 2. The van der Waals surface area contributed by atoms with E-state index in [0.717, 1.165) is 25.8 Å². The highest BCUT2D eigenvalue weighted by molar-refractivity contribution is 5.88. The summed E-state index contributed by atoms with van der Waals surface area (Å²) in [7, 11) is 3.00. The molecular weight excluding hydrogens is 377 g/mol. The summed E-state index contributed by atoms with van der Waals surface area (Å²) < 4.78 is 25.1. The minimum absolute atomic E-state index is 0.0206. The van der Waals surface area contributed by atoms with Gasteiger partial charge in [0.15, 0.2) is 11.5 Å². The topological polar surface area (TPSA) is 85.1 Å². The van der Waals surface area contributed by atoms with Gasteiger partial charge in [0.2, 0.25) is 11.8 Å². The molecule has 3 aliphatic rings. The van der Waals surface area contributed by atoms with E-state index in [1.165, 1.54) is 20.3 Å². The SMILES string of the molecule is COc1cc(F)c(CN2C[C@@H]3C[C@H](C2)[C@H](C(N)=O)N2C(=O)CCC[C@@H]32)cc1OC. The number of likely N-dealkylation sites (tertiary alicyclic amines) is 1. The molecule has 0 aliphatic carbocycles. The van der Waals surface area contributed by atoms with Gasteiger partial charge < -0.3 is 20.1 Å². The molecule has 8 heteroatoms. The van der Waals surface area contributed by atoms with E-state index in [4.69, 9.17) is 15.2 Å². The molecule has 29 heavy (non-hydrogen) atoms. The summed E-state index contributed by atoms with van der Waals surface area (Å²) in [4.78, 5) is 28.8. The quantitative estimate of drug-likeness (QED) is 0.803. The molecular formula is C21H28FN3O4. The van der Waals surface area contributed by atoms with Crippen molar-refractivity contribution in [3.05, 3.63) is 23.5 Å². The fourth-order valence-electron chi connectivity index (χ4n) is 5.51. The number of hydrogen-bond acceptors (Lipinski definition) is 5. The number of rotatable bonds is 5. The maximum atomic E-state index is 14.6. The average Bonchev–Trinajstić information content (AvgIpc) is 2.69. The number of amides is 2. The Labute approximate surface area is 169 Å². The van der Waals surface area contributed by atoms with Crippen molar-refractivity contribution >= 4 is 11.8 Å². The lowest BCUT2D eigenvalue weighted by atomic mass is 9.71. The molecule has 3 heterocycles. The van der Waals surface area contributed by atoms with Gasteiger partial charge in [-0.2, -0.15) is 0 Å². The van der Waals surface area contributed by atoms with E-state index < -0.39 is 11.9 Å². The van der Waals surface area contributed by atoms with Crippen LogP contribution in [0.1, 0.15) is 31.2 Å². The second-order valence-electron chi connectivity index (χ2n) is 8.36. The minimum atomic E-state index is -0.567. The van der Waals surface area contributed by atoms with Crippen LogP contribution in [-0.2, 0) is 16.1 Å². The molecule has 0 unspecified atom stereocenters. The third-order valence-corrected chi connectivity index (χ3v) is 6.66. The number of halogens is 1. The van der Waals surface area contributed by atoms with Gasteiger partial charge >= 0.3 is 0 Å². The number of piperidine rings is 3. The molecule has 4 atom stereocenters. The summed E-state index contributed by atoms with van der Waals surface area (Å²) in [5, 5.41) is 0. The fourth-order valence-corrected chi connectivity index (χ4v) is 5.51. The number of benzene rings is 1. The molecule has 3 aliphatic heterocycles. The molecule has 7 nitrogen and oxygen atoms in total. The molecule has 0 spiro atoms. The van der Waals surface area contributed by atoms with Gasteiger partial charge in [-0.25, -0.2) is 4.39 Å². The van der Waals surface area contributed by atoms with Crippen LogP contribution in [0.5, 0.6) is 11.5 Å². The largest absolute Gasteiger partial charge is 0.493 e. The Morgan fingerprint density at radius 1 is 1.21 bits per heavy atom. The Morgan fingerprint density at radius 3 is 2.59 bits per heavy atom. The highest BCUT2D eigenvalue weighted by Crippen LogP contribution is 2.42. The van der Waals surface area contributed by atoms with Crippen molar-refractivity contribution in [2.24, 2.45) is 17.6 Å². The van der Waals surface area contributed by atoms with Gasteiger partial charge in [0.25, 0.3) is 0 Å². The fraction of sp³-hybridized carbons (Fsp3) is 0.619. The Hall–Kier alpha value is -2.35. The van der Waals surface area contributed by atoms with E-state index >= 15 is 0 Å². The molecule has 0 radical (unpaired) electrons. The summed E-state index contributed by atoms with van der Waals surface area (Å²) in [6.45, 7) is 1.78. The summed E-state index contributed by atoms with van der Waals surface area (Å²) in [5.41, 5.74) is 6.25. The van der Waals surface area contributed by atoms with Crippen molar-refractivity contribution < 1.29 is 23.5 Å². The third kappa shape index (κ3) is 3.54. The Kier molecular flexibility index (Phi) is 5.38. The Morgan fingerprint density at radius 2 is 1.90 bits per heavy atom. The van der Waals surface area contributed by atoms with Gasteiger partial charge in [-0.15, -0.1) is 0 Å². The van der Waals surface area contributed by atoms with E-state index in [2.05, 4.69) is 4.90 Å². The number of ether oxygens (including phenoxy) is 2. The summed E-state index contributed by atoms with van der Waals surface area (Å²) in [6, 6.07) is 2.48. The lowest BCUT2D eigenvalue weighted by molar-refractivity contribution is -0.159. The lowest BCUT2D eigenvalue weighted by Crippen LogP contribution is -2.67. The highest BCUT2D eigenvalue weighted by atomic mass is 19.1. The number of carbonyl (C=O) groups is 2. The van der Waals surface area contributed by atoms with Gasteiger partial charge in [0.1, 0.15) is 11.9 Å². The van der Waals surface area contributed by atoms with Gasteiger partial charge in [-0.1, -0.05) is 0 Å². The van der Waals surface area contributed by atoms with Crippen LogP contribution in [-0.4, -0.2) is 61.0 Å². The maximum absolute atomic E-state index is 14.6. The molecule has 158 valence electrons. The first-order valence-corrected chi connectivity index (χ1v) is 10.2. The van der Waals surface area contributed by atoms with Crippen LogP contribution in [0.3, 0.4) is 0 Å². The van der Waals surface area contributed by atoms with E-state index in [0.29, 0.717) is 36.6 Å². The molecule has 2 bridgehead atoms. The summed E-state index contributed by atoms with van der Waals surface area (Å²) >= 11 is 0. The predicted molar refractivity (Wildman–Crippen MR) is 104 cm³/mol. The summed E-state index contributed by atoms with van der Waals surface area (Å²) in [6.07, 6.45) is 3.11. The number of methoxy groups -OCH3 is 2.